The summed E-state index contributed by atoms with van der Waals surface area (Å²) in [4.78, 5) is -0.0896. The number of anilines is 2. The lowest BCUT2D eigenvalue weighted by Gasteiger charge is -2.12. The number of halogens is 2. The maximum Gasteiger partial charge on any atom is 0.261 e. The number of rotatable bonds is 3. The van der Waals surface area contributed by atoms with E-state index in [2.05, 4.69) is 4.72 Å². The van der Waals surface area contributed by atoms with Gasteiger partial charge in [-0.3, -0.25) is 4.72 Å². The van der Waals surface area contributed by atoms with Crippen molar-refractivity contribution in [2.75, 3.05) is 10.5 Å². The van der Waals surface area contributed by atoms with Gasteiger partial charge in [0.25, 0.3) is 10.0 Å². The van der Waals surface area contributed by atoms with Gasteiger partial charge in [-0.1, -0.05) is 11.6 Å². The van der Waals surface area contributed by atoms with Gasteiger partial charge in [0.05, 0.1) is 16.3 Å². The largest absolute Gasteiger partial charge is 0.396 e. The molecule has 0 aliphatic heterocycles. The molecule has 7 heteroatoms. The molecule has 0 atom stereocenters. The van der Waals surface area contributed by atoms with Gasteiger partial charge < -0.3 is 5.73 Å². The van der Waals surface area contributed by atoms with Gasteiger partial charge in [-0.2, -0.15) is 0 Å². The number of benzene rings is 2. The Labute approximate surface area is 127 Å². The first kappa shape index (κ1) is 15.6. The van der Waals surface area contributed by atoms with Crippen LogP contribution >= 0.6 is 11.6 Å². The Balaban J connectivity index is 2.43. The molecule has 0 radical (unpaired) electrons. The topological polar surface area (TPSA) is 72.2 Å². The summed E-state index contributed by atoms with van der Waals surface area (Å²) in [5.74, 6) is -0.614. The first-order valence-corrected chi connectivity index (χ1v) is 7.91. The van der Waals surface area contributed by atoms with E-state index in [0.717, 1.165) is 6.07 Å². The van der Waals surface area contributed by atoms with Crippen LogP contribution < -0.4 is 10.5 Å². The fraction of sp³-hybridized carbons (Fsp3) is 0.143. The SMILES string of the molecule is Cc1cc(Cl)ccc1NS(=O)(=O)c1cc(C)c(F)c(N)c1. The number of nitrogens with two attached hydrogens (primary N) is 1. The third-order valence-corrected chi connectivity index (χ3v) is 4.58. The summed E-state index contributed by atoms with van der Waals surface area (Å²) in [7, 11) is -3.85. The van der Waals surface area contributed by atoms with Crippen molar-refractivity contribution in [3.63, 3.8) is 0 Å². The Kier molecular flexibility index (Phi) is 4.11. The van der Waals surface area contributed by atoms with E-state index >= 15 is 0 Å². The zero-order valence-corrected chi connectivity index (χ0v) is 13.0. The highest BCUT2D eigenvalue weighted by Crippen LogP contribution is 2.25. The molecule has 0 unspecified atom stereocenters. The van der Waals surface area contributed by atoms with E-state index in [1.165, 1.54) is 13.0 Å². The van der Waals surface area contributed by atoms with E-state index < -0.39 is 15.8 Å². The van der Waals surface area contributed by atoms with E-state index in [0.29, 0.717) is 16.3 Å². The summed E-state index contributed by atoms with van der Waals surface area (Å²) >= 11 is 5.83. The number of nitrogen functional groups attached to an aromatic ring is 1. The van der Waals surface area contributed by atoms with Crippen molar-refractivity contribution in [1.82, 2.24) is 0 Å². The van der Waals surface area contributed by atoms with Gasteiger partial charge in [0.2, 0.25) is 0 Å². The van der Waals surface area contributed by atoms with Crippen molar-refractivity contribution in [1.29, 1.82) is 0 Å². The van der Waals surface area contributed by atoms with E-state index in [1.807, 2.05) is 0 Å². The van der Waals surface area contributed by atoms with Crippen molar-refractivity contribution >= 4 is 33.0 Å². The Morgan fingerprint density at radius 2 is 1.81 bits per heavy atom. The second kappa shape index (κ2) is 5.54. The molecule has 2 aromatic rings. The highest BCUT2D eigenvalue weighted by molar-refractivity contribution is 7.92. The Morgan fingerprint density at radius 3 is 2.38 bits per heavy atom. The third-order valence-electron chi connectivity index (χ3n) is 3.00. The van der Waals surface area contributed by atoms with Crippen molar-refractivity contribution in [3.8, 4) is 0 Å². The summed E-state index contributed by atoms with van der Waals surface area (Å²) in [5, 5.41) is 0.511. The van der Waals surface area contributed by atoms with Gasteiger partial charge in [0, 0.05) is 5.02 Å². The van der Waals surface area contributed by atoms with Crippen LogP contribution in [0.2, 0.25) is 5.02 Å². The number of hydrogen-bond donors (Lipinski definition) is 2. The monoisotopic (exact) mass is 328 g/mol. The fourth-order valence-corrected chi connectivity index (χ4v) is 3.34. The van der Waals surface area contributed by atoms with Gasteiger partial charge >= 0.3 is 0 Å². The molecule has 2 aromatic carbocycles. The lowest BCUT2D eigenvalue weighted by molar-refractivity contribution is 0.599. The Morgan fingerprint density at radius 1 is 1.14 bits per heavy atom. The summed E-state index contributed by atoms with van der Waals surface area (Å²) in [6.07, 6.45) is 0. The number of aryl methyl sites for hydroxylation is 2. The van der Waals surface area contributed by atoms with Crippen LogP contribution in [0.25, 0.3) is 0 Å². The minimum atomic E-state index is -3.85. The molecule has 0 saturated carbocycles. The first-order chi connectivity index (χ1) is 9.70. The van der Waals surface area contributed by atoms with E-state index in [9.17, 15) is 12.8 Å². The molecule has 0 aliphatic carbocycles. The fourth-order valence-electron chi connectivity index (χ4n) is 1.86. The Bertz CT molecular complexity index is 784. The molecule has 112 valence electrons. The van der Waals surface area contributed by atoms with Crippen LogP contribution in [0, 0.1) is 19.7 Å². The highest BCUT2D eigenvalue weighted by atomic mass is 35.5. The molecule has 0 aliphatic rings. The molecule has 0 spiro atoms. The predicted octanol–water partition coefficient (Wildman–Crippen LogP) is 3.48. The molecule has 0 heterocycles. The van der Waals surface area contributed by atoms with Gasteiger partial charge in [0.1, 0.15) is 5.82 Å². The normalized spacial score (nSPS) is 11.4. The number of sulfonamides is 1. The average molecular weight is 329 g/mol. The minimum absolute atomic E-state index is 0.0896. The quantitative estimate of drug-likeness (QED) is 0.847. The van der Waals surface area contributed by atoms with Crippen LogP contribution in [-0.2, 0) is 10.0 Å². The van der Waals surface area contributed by atoms with Crippen LogP contribution in [0.3, 0.4) is 0 Å². The minimum Gasteiger partial charge on any atom is -0.396 e. The molecular formula is C14H14ClFN2O2S. The molecule has 21 heavy (non-hydrogen) atoms. The average Bonchev–Trinajstić information content (AvgIpc) is 2.38. The van der Waals surface area contributed by atoms with Crippen LogP contribution in [0.5, 0.6) is 0 Å². The molecular weight excluding hydrogens is 315 g/mol. The highest BCUT2D eigenvalue weighted by Gasteiger charge is 2.18. The predicted molar refractivity (Wildman–Crippen MR) is 82.5 cm³/mol. The van der Waals surface area contributed by atoms with Crippen LogP contribution in [0.1, 0.15) is 11.1 Å². The number of nitrogens with one attached hydrogen (secondary N) is 1. The van der Waals surface area contributed by atoms with E-state index in [4.69, 9.17) is 17.3 Å². The molecule has 0 amide bonds. The first-order valence-electron chi connectivity index (χ1n) is 6.05. The molecule has 3 N–H and O–H groups in total. The molecule has 2 rings (SSSR count). The zero-order valence-electron chi connectivity index (χ0n) is 11.4. The summed E-state index contributed by atoms with van der Waals surface area (Å²) < 4.78 is 40.6. The maximum atomic E-state index is 13.5. The molecule has 0 bridgehead atoms. The maximum absolute atomic E-state index is 13.5. The smallest absolute Gasteiger partial charge is 0.261 e. The van der Waals surface area contributed by atoms with Gasteiger partial charge in [-0.15, -0.1) is 0 Å². The van der Waals surface area contributed by atoms with Gasteiger partial charge in [0.15, 0.2) is 0 Å². The second-order valence-corrected chi connectivity index (χ2v) is 6.83. The van der Waals surface area contributed by atoms with Crippen molar-refractivity contribution < 1.29 is 12.8 Å². The molecule has 4 nitrogen and oxygen atoms in total. The van der Waals surface area contributed by atoms with Crippen molar-refractivity contribution in [2.24, 2.45) is 0 Å². The lowest BCUT2D eigenvalue weighted by atomic mass is 10.2. The van der Waals surface area contributed by atoms with Gasteiger partial charge in [-0.25, -0.2) is 12.8 Å². The Hall–Kier alpha value is -1.79. The summed E-state index contributed by atoms with van der Waals surface area (Å²) in [6, 6.07) is 7.12. The van der Waals surface area contributed by atoms with Crippen LogP contribution in [0.15, 0.2) is 35.2 Å². The van der Waals surface area contributed by atoms with Crippen molar-refractivity contribution in [2.45, 2.75) is 18.7 Å². The number of hydrogen-bond acceptors (Lipinski definition) is 3. The molecule has 0 aromatic heterocycles. The molecule has 0 saturated heterocycles. The third kappa shape index (κ3) is 3.28. The van der Waals surface area contributed by atoms with E-state index in [1.54, 1.807) is 25.1 Å². The van der Waals surface area contributed by atoms with Crippen LogP contribution in [0.4, 0.5) is 15.8 Å². The second-order valence-electron chi connectivity index (χ2n) is 4.71. The lowest BCUT2D eigenvalue weighted by Crippen LogP contribution is -2.14. The molecule has 0 fully saturated rings. The van der Waals surface area contributed by atoms with Crippen molar-refractivity contribution in [3.05, 3.63) is 52.3 Å². The standard InChI is InChI=1S/C14H14ClFN2O2S/c1-8-5-10(15)3-4-13(8)18-21(19,20)11-6-9(2)14(16)12(17)7-11/h3-7,18H,17H2,1-2H3. The zero-order chi connectivity index (χ0) is 15.8. The summed E-state index contributed by atoms with van der Waals surface area (Å²) in [6.45, 7) is 3.19. The van der Waals surface area contributed by atoms with Crippen LogP contribution in [-0.4, -0.2) is 8.42 Å². The van der Waals surface area contributed by atoms with Gasteiger partial charge in [-0.05, 0) is 55.3 Å². The van der Waals surface area contributed by atoms with E-state index in [-0.39, 0.29) is 16.1 Å². The summed E-state index contributed by atoms with van der Waals surface area (Å²) in [5.41, 5.74) is 6.52.